The van der Waals surface area contributed by atoms with E-state index in [-0.39, 0.29) is 17.3 Å². The normalized spacial score (nSPS) is 11.1. The standard InChI is InChI=1S/C17H20N2O3S/c1-13-8-7-11-16(14(13)2)19(12-17(20)18-3)23(21,22)15-9-5-4-6-10-15/h4-11H,12H2,1-3H3,(H,18,20). The third-order valence-electron chi connectivity index (χ3n) is 3.74. The Bertz CT molecular complexity index is 802. The van der Waals surface area contributed by atoms with Crippen LogP contribution in [0.25, 0.3) is 0 Å². The van der Waals surface area contributed by atoms with E-state index in [1.807, 2.05) is 19.9 Å². The number of anilines is 1. The van der Waals surface area contributed by atoms with Crippen molar-refractivity contribution in [3.05, 3.63) is 59.7 Å². The van der Waals surface area contributed by atoms with Crippen molar-refractivity contribution in [2.24, 2.45) is 0 Å². The zero-order valence-corrected chi connectivity index (χ0v) is 14.2. The predicted molar refractivity (Wildman–Crippen MR) is 91.0 cm³/mol. The molecule has 1 N–H and O–H groups in total. The van der Waals surface area contributed by atoms with E-state index in [1.165, 1.54) is 19.2 Å². The van der Waals surface area contributed by atoms with Gasteiger partial charge in [0.2, 0.25) is 5.91 Å². The number of carbonyl (C=O) groups excluding carboxylic acids is 1. The van der Waals surface area contributed by atoms with Gasteiger partial charge in [0.1, 0.15) is 6.54 Å². The van der Waals surface area contributed by atoms with Crippen molar-refractivity contribution in [3.8, 4) is 0 Å². The molecule has 0 spiro atoms. The van der Waals surface area contributed by atoms with E-state index in [4.69, 9.17) is 0 Å². The first-order chi connectivity index (χ1) is 10.9. The van der Waals surface area contributed by atoms with Gasteiger partial charge < -0.3 is 5.32 Å². The largest absolute Gasteiger partial charge is 0.358 e. The summed E-state index contributed by atoms with van der Waals surface area (Å²) in [5.41, 5.74) is 2.31. The van der Waals surface area contributed by atoms with Gasteiger partial charge in [-0.05, 0) is 43.2 Å². The number of rotatable bonds is 5. The highest BCUT2D eigenvalue weighted by atomic mass is 32.2. The van der Waals surface area contributed by atoms with Crippen LogP contribution in [0.3, 0.4) is 0 Å². The number of aryl methyl sites for hydroxylation is 1. The van der Waals surface area contributed by atoms with Crippen LogP contribution in [0.1, 0.15) is 11.1 Å². The van der Waals surface area contributed by atoms with Gasteiger partial charge >= 0.3 is 0 Å². The van der Waals surface area contributed by atoms with Crippen LogP contribution in [0, 0.1) is 13.8 Å². The van der Waals surface area contributed by atoms with E-state index >= 15 is 0 Å². The molecule has 0 aliphatic rings. The van der Waals surface area contributed by atoms with Crippen molar-refractivity contribution in [1.82, 2.24) is 5.32 Å². The van der Waals surface area contributed by atoms with E-state index in [2.05, 4.69) is 5.32 Å². The van der Waals surface area contributed by atoms with Crippen molar-refractivity contribution < 1.29 is 13.2 Å². The first kappa shape index (κ1) is 17.0. The molecule has 0 saturated heterocycles. The van der Waals surface area contributed by atoms with Gasteiger partial charge in [0.25, 0.3) is 10.0 Å². The molecule has 2 aromatic carbocycles. The highest BCUT2D eigenvalue weighted by molar-refractivity contribution is 7.92. The van der Waals surface area contributed by atoms with Gasteiger partial charge in [-0.2, -0.15) is 0 Å². The van der Waals surface area contributed by atoms with E-state index < -0.39 is 10.0 Å². The first-order valence-corrected chi connectivity index (χ1v) is 8.66. The molecule has 0 atom stereocenters. The van der Waals surface area contributed by atoms with Gasteiger partial charge in [-0.1, -0.05) is 30.3 Å². The highest BCUT2D eigenvalue weighted by Crippen LogP contribution is 2.28. The summed E-state index contributed by atoms with van der Waals surface area (Å²) in [5, 5.41) is 2.48. The minimum atomic E-state index is -3.83. The molecule has 0 heterocycles. The molecule has 0 aliphatic carbocycles. The Kier molecular flexibility index (Phi) is 5.05. The number of nitrogens with zero attached hydrogens (tertiary/aromatic N) is 1. The fourth-order valence-electron chi connectivity index (χ4n) is 2.23. The van der Waals surface area contributed by atoms with Crippen LogP contribution >= 0.6 is 0 Å². The van der Waals surface area contributed by atoms with Crippen molar-refractivity contribution >= 4 is 21.6 Å². The summed E-state index contributed by atoms with van der Waals surface area (Å²) in [6, 6.07) is 13.5. The summed E-state index contributed by atoms with van der Waals surface area (Å²) in [7, 11) is -2.34. The van der Waals surface area contributed by atoms with Gasteiger partial charge in [0.05, 0.1) is 10.6 Å². The number of benzene rings is 2. The van der Waals surface area contributed by atoms with E-state index in [1.54, 1.807) is 30.3 Å². The maximum atomic E-state index is 13.0. The van der Waals surface area contributed by atoms with Crippen molar-refractivity contribution in [3.63, 3.8) is 0 Å². The molecule has 6 heteroatoms. The number of hydrogen-bond donors (Lipinski definition) is 1. The lowest BCUT2D eigenvalue weighted by Crippen LogP contribution is -2.40. The van der Waals surface area contributed by atoms with Crippen LogP contribution in [0.4, 0.5) is 5.69 Å². The van der Waals surface area contributed by atoms with Crippen LogP contribution < -0.4 is 9.62 Å². The fourth-order valence-corrected chi connectivity index (χ4v) is 3.73. The van der Waals surface area contributed by atoms with Crippen LogP contribution in [0.5, 0.6) is 0 Å². The molecule has 0 saturated carbocycles. The molecule has 0 fully saturated rings. The smallest absolute Gasteiger partial charge is 0.264 e. The topological polar surface area (TPSA) is 66.5 Å². The molecular formula is C17H20N2O3S. The highest BCUT2D eigenvalue weighted by Gasteiger charge is 2.28. The Hall–Kier alpha value is -2.34. The fraction of sp³-hybridized carbons (Fsp3) is 0.235. The predicted octanol–water partition coefficient (Wildman–Crippen LogP) is 2.24. The molecule has 2 aromatic rings. The van der Waals surface area contributed by atoms with E-state index in [0.29, 0.717) is 5.69 Å². The quantitative estimate of drug-likeness (QED) is 0.913. The summed E-state index contributed by atoms with van der Waals surface area (Å²) < 4.78 is 27.1. The van der Waals surface area contributed by atoms with Crippen LogP contribution in [-0.2, 0) is 14.8 Å². The molecular weight excluding hydrogens is 312 g/mol. The van der Waals surface area contributed by atoms with Gasteiger partial charge in [-0.3, -0.25) is 9.10 Å². The Morgan fingerprint density at radius 1 is 1.04 bits per heavy atom. The summed E-state index contributed by atoms with van der Waals surface area (Å²) in [5.74, 6) is -0.370. The van der Waals surface area contributed by atoms with Crippen molar-refractivity contribution in [1.29, 1.82) is 0 Å². The van der Waals surface area contributed by atoms with E-state index in [9.17, 15) is 13.2 Å². The number of nitrogens with one attached hydrogen (secondary N) is 1. The number of likely N-dealkylation sites (N-methyl/N-ethyl adjacent to an activating group) is 1. The van der Waals surface area contributed by atoms with Crippen molar-refractivity contribution in [2.45, 2.75) is 18.7 Å². The van der Waals surface area contributed by atoms with Crippen LogP contribution in [0.15, 0.2) is 53.4 Å². The molecule has 122 valence electrons. The second-order valence-corrected chi connectivity index (χ2v) is 7.08. The van der Waals surface area contributed by atoms with Gasteiger partial charge in [-0.15, -0.1) is 0 Å². The van der Waals surface area contributed by atoms with Gasteiger partial charge in [0, 0.05) is 7.05 Å². The molecule has 0 bridgehead atoms. The SMILES string of the molecule is CNC(=O)CN(c1cccc(C)c1C)S(=O)(=O)c1ccccc1. The van der Waals surface area contributed by atoms with E-state index in [0.717, 1.165) is 15.4 Å². The Labute approximate surface area is 137 Å². The van der Waals surface area contributed by atoms with Crippen LogP contribution in [0.2, 0.25) is 0 Å². The Balaban J connectivity index is 2.59. The molecule has 0 radical (unpaired) electrons. The molecule has 0 aromatic heterocycles. The molecule has 1 amide bonds. The second kappa shape index (κ2) is 6.83. The number of hydrogen-bond acceptors (Lipinski definition) is 3. The third kappa shape index (κ3) is 3.53. The summed E-state index contributed by atoms with van der Waals surface area (Å²) in [6.45, 7) is 3.49. The first-order valence-electron chi connectivity index (χ1n) is 7.22. The average molecular weight is 332 g/mol. The molecule has 23 heavy (non-hydrogen) atoms. The zero-order chi connectivity index (χ0) is 17.0. The lowest BCUT2D eigenvalue weighted by atomic mass is 10.1. The minimum Gasteiger partial charge on any atom is -0.358 e. The third-order valence-corrected chi connectivity index (χ3v) is 5.52. The number of amides is 1. The Morgan fingerprint density at radius 2 is 1.70 bits per heavy atom. The molecule has 5 nitrogen and oxygen atoms in total. The zero-order valence-electron chi connectivity index (χ0n) is 13.4. The number of sulfonamides is 1. The van der Waals surface area contributed by atoms with Gasteiger partial charge in [-0.25, -0.2) is 8.42 Å². The monoisotopic (exact) mass is 332 g/mol. The maximum absolute atomic E-state index is 13.0. The Morgan fingerprint density at radius 3 is 2.30 bits per heavy atom. The van der Waals surface area contributed by atoms with Crippen molar-refractivity contribution in [2.75, 3.05) is 17.9 Å². The lowest BCUT2D eigenvalue weighted by Gasteiger charge is -2.26. The molecule has 0 aliphatic heterocycles. The second-order valence-electron chi connectivity index (χ2n) is 5.22. The number of carbonyl (C=O) groups is 1. The molecule has 0 unspecified atom stereocenters. The average Bonchev–Trinajstić information content (AvgIpc) is 2.56. The molecule has 2 rings (SSSR count). The summed E-state index contributed by atoms with van der Waals surface area (Å²) in [6.07, 6.45) is 0. The summed E-state index contributed by atoms with van der Waals surface area (Å²) in [4.78, 5) is 12.0. The lowest BCUT2D eigenvalue weighted by molar-refractivity contribution is -0.119. The van der Waals surface area contributed by atoms with Gasteiger partial charge in [0.15, 0.2) is 0 Å². The maximum Gasteiger partial charge on any atom is 0.264 e. The summed E-state index contributed by atoms with van der Waals surface area (Å²) >= 11 is 0. The van der Waals surface area contributed by atoms with Crippen LogP contribution in [-0.4, -0.2) is 27.9 Å². The minimum absolute atomic E-state index is 0.157.